The minimum absolute atomic E-state index is 0. The summed E-state index contributed by atoms with van der Waals surface area (Å²) >= 11 is 2.84. The molecule has 0 aliphatic carbocycles. The number of nitrogens with zero attached hydrogens (tertiary/aromatic N) is 4. The van der Waals surface area contributed by atoms with Gasteiger partial charge in [-0.2, -0.15) is 5.26 Å². The van der Waals surface area contributed by atoms with Gasteiger partial charge in [0.25, 0.3) is 0 Å². The number of para-hydroxylation sites is 4. The number of carboxylic acid groups (broad SMARTS) is 1. The molecule has 0 bridgehead atoms. The topological polar surface area (TPSA) is 70.8 Å². The fourth-order valence-corrected chi connectivity index (χ4v) is 13.1. The first-order valence-corrected chi connectivity index (χ1v) is 32.3. The van der Waals surface area contributed by atoms with Crippen LogP contribution in [0.3, 0.4) is 0 Å². The smallest absolute Gasteiger partial charge is 0.477 e. The number of hydrogen-bond acceptors (Lipinski definition) is 7. The SMILES string of the molecule is CCP(CC)CC.CCP(CC)CC.[C-]#Cc1ccc(-c2ccc(/C=C(\C#N)C(=O)O)s2)s1.[C-]#Cc1ccc(N(c2ccc(N(c3ccccc3)c3ccccc3)cc2)c2ccc(N(c3ccccc3)c3ccccc3)cc2)cc1.[Pt+2]. The molecule has 81 heavy (non-hydrogen) atoms. The van der Waals surface area contributed by atoms with Crippen molar-refractivity contribution in [1.29, 1.82) is 5.26 Å². The molecule has 6 nitrogen and oxygen atoms in total. The van der Waals surface area contributed by atoms with Crippen LogP contribution in [0.2, 0.25) is 0 Å². The second-order valence-electron chi connectivity index (χ2n) is 17.8. The van der Waals surface area contributed by atoms with E-state index in [9.17, 15) is 4.79 Å². The maximum atomic E-state index is 10.7. The van der Waals surface area contributed by atoms with E-state index in [-0.39, 0.29) is 26.6 Å². The van der Waals surface area contributed by atoms with E-state index in [1.54, 1.807) is 18.2 Å². The third-order valence-electron chi connectivity index (χ3n) is 13.0. The molecule has 0 aliphatic heterocycles. The van der Waals surface area contributed by atoms with E-state index in [1.807, 2.05) is 60.7 Å². The van der Waals surface area contributed by atoms with Gasteiger partial charge in [-0.25, -0.2) is 16.1 Å². The summed E-state index contributed by atoms with van der Waals surface area (Å²) in [5.41, 5.74) is 10.0. The summed E-state index contributed by atoms with van der Waals surface area (Å²) in [5, 5.41) is 17.5. The Labute approximate surface area is 507 Å². The average molecular weight is 1320 g/mol. The summed E-state index contributed by atoms with van der Waals surface area (Å²) in [4.78, 5) is 20.9. The Morgan fingerprint density at radius 1 is 0.444 bits per heavy atom. The molecule has 2 heterocycles. The van der Waals surface area contributed by atoms with Crippen LogP contribution in [0.4, 0.5) is 51.2 Å². The van der Waals surface area contributed by atoms with Gasteiger partial charge in [0.15, 0.2) is 0 Å². The Morgan fingerprint density at radius 2 is 0.741 bits per heavy atom. The van der Waals surface area contributed by atoms with E-state index in [0.717, 1.165) is 71.4 Å². The molecule has 0 radical (unpaired) electrons. The van der Waals surface area contributed by atoms with Crippen molar-refractivity contribution < 1.29 is 31.0 Å². The van der Waals surface area contributed by atoms with Gasteiger partial charge in [-0.15, -0.1) is 50.9 Å². The number of thiophene rings is 2. The zero-order valence-corrected chi connectivity index (χ0v) is 52.5. The Kier molecular flexibility index (Phi) is 27.7. The number of benzene rings is 7. The Morgan fingerprint density at radius 3 is 1.00 bits per heavy atom. The van der Waals surface area contributed by atoms with Crippen LogP contribution in [-0.2, 0) is 25.9 Å². The molecule has 2 aromatic heterocycles. The number of hydrogen-bond donors (Lipinski definition) is 1. The largest absolute Gasteiger partial charge is 2.00 e. The summed E-state index contributed by atoms with van der Waals surface area (Å²) in [6.07, 6.45) is 24.5. The predicted molar refractivity (Wildman–Crippen MR) is 349 cm³/mol. The summed E-state index contributed by atoms with van der Waals surface area (Å²) < 4.78 is 0. The fourth-order valence-electron chi connectivity index (χ4n) is 8.57. The Bertz CT molecular complexity index is 3190. The maximum absolute atomic E-state index is 10.7. The number of rotatable bonds is 18. The molecular formula is C70H68N4O2P2PtS2. The fraction of sp³-hybridized carbons (Fsp3) is 0.171. The zero-order chi connectivity index (χ0) is 57.1. The molecule has 9 rings (SSSR count). The molecule has 0 spiro atoms. The molecule has 0 saturated carbocycles. The van der Waals surface area contributed by atoms with Gasteiger partial charge in [-0.1, -0.05) is 137 Å². The van der Waals surface area contributed by atoms with Crippen LogP contribution in [-0.4, -0.2) is 48.0 Å². The van der Waals surface area contributed by atoms with Crippen LogP contribution < -0.4 is 14.7 Å². The number of aliphatic carboxylic acids is 1. The quantitative estimate of drug-likeness (QED) is 0.0303. The van der Waals surface area contributed by atoms with Crippen LogP contribution in [0, 0.1) is 36.0 Å². The van der Waals surface area contributed by atoms with Crippen LogP contribution in [0.5, 0.6) is 0 Å². The molecule has 11 heteroatoms. The van der Waals surface area contributed by atoms with Crippen molar-refractivity contribution in [3.05, 3.63) is 252 Å². The average Bonchev–Trinajstić information content (AvgIpc) is 4.22. The van der Waals surface area contributed by atoms with E-state index in [4.69, 9.17) is 23.2 Å². The maximum Gasteiger partial charge on any atom is 2.00 e. The van der Waals surface area contributed by atoms with Gasteiger partial charge in [0.1, 0.15) is 11.6 Å². The summed E-state index contributed by atoms with van der Waals surface area (Å²) in [6, 6.07) is 76.0. The molecule has 412 valence electrons. The van der Waals surface area contributed by atoms with E-state index >= 15 is 0 Å². The van der Waals surface area contributed by atoms with Crippen LogP contribution >= 0.6 is 38.5 Å². The van der Waals surface area contributed by atoms with E-state index in [0.29, 0.717) is 20.7 Å². The molecule has 0 amide bonds. The minimum atomic E-state index is -1.23. The molecule has 0 atom stereocenters. The van der Waals surface area contributed by atoms with Crippen molar-refractivity contribution in [3.63, 3.8) is 0 Å². The van der Waals surface area contributed by atoms with E-state index in [2.05, 4.69) is 214 Å². The van der Waals surface area contributed by atoms with Crippen molar-refractivity contribution in [2.24, 2.45) is 0 Å². The van der Waals surface area contributed by atoms with Crippen molar-refractivity contribution in [2.45, 2.75) is 41.5 Å². The molecule has 0 saturated heterocycles. The first-order chi connectivity index (χ1) is 39.1. The van der Waals surface area contributed by atoms with Gasteiger partial charge in [0.2, 0.25) is 0 Å². The third-order valence-corrected chi connectivity index (χ3v) is 20.6. The second-order valence-corrected chi connectivity index (χ2v) is 26.4. The normalized spacial score (nSPS) is 10.4. The molecule has 0 fully saturated rings. The number of carbonyl (C=O) groups is 1. The van der Waals surface area contributed by atoms with E-state index in [1.165, 1.54) is 65.7 Å². The molecule has 7 aromatic carbocycles. The molecule has 1 N–H and O–H groups in total. The number of nitriles is 1. The Balaban J connectivity index is 0.000000290. The van der Waals surface area contributed by atoms with Gasteiger partial charge in [-0.3, -0.25) is 11.8 Å². The molecule has 9 aromatic rings. The first kappa shape index (κ1) is 64.5. The van der Waals surface area contributed by atoms with Gasteiger partial charge >= 0.3 is 27.0 Å². The first-order valence-electron chi connectivity index (χ1n) is 26.9. The standard InChI is InChI=1S/C44H32N3.C14H6NO2S2.2C6H15P.Pt/c1-2-35-23-25-40(26-24-35)47(43-31-27-41(28-32-43)45(36-15-7-3-8-16-36)37-17-9-4-10-18-37)44-33-29-42(30-34-44)46(38-19-11-5-12-20-38)39-21-13-6-14-22-39;1-2-10-3-5-12(18-10)13-6-4-11(19-13)7-9(8-15)14(16)17;2*1-4-7(5-2)6-3;/h3-34H;3-7H,(H,16,17);2*4-6H2,1-3H3;/q2*-1;;;+2/b;9-7+;;;. The van der Waals surface area contributed by atoms with Gasteiger partial charge < -0.3 is 32.7 Å². The van der Waals surface area contributed by atoms with E-state index < -0.39 is 5.97 Å². The van der Waals surface area contributed by atoms with Crippen molar-refractivity contribution in [3.8, 4) is 27.7 Å². The van der Waals surface area contributed by atoms with Crippen LogP contribution in [0.1, 0.15) is 56.9 Å². The number of anilines is 9. The summed E-state index contributed by atoms with van der Waals surface area (Å²) in [5.74, 6) is 3.59. The molecular weight excluding hydrogens is 1250 g/mol. The summed E-state index contributed by atoms with van der Waals surface area (Å²) in [6.45, 7) is 13.7. The summed E-state index contributed by atoms with van der Waals surface area (Å²) in [7, 11) is 0.892. The zero-order valence-electron chi connectivity index (χ0n) is 46.8. The van der Waals surface area contributed by atoms with Gasteiger partial charge in [0, 0.05) is 65.8 Å². The van der Waals surface area contributed by atoms with Crippen LogP contribution in [0.15, 0.2) is 224 Å². The van der Waals surface area contributed by atoms with Crippen molar-refractivity contribution >= 4 is 102 Å². The van der Waals surface area contributed by atoms with Gasteiger partial charge in [-0.05, 0) is 152 Å². The second kappa shape index (κ2) is 34.8. The molecule has 0 aliphatic rings. The molecule has 0 unspecified atom stereocenters. The monoisotopic (exact) mass is 1320 g/mol. The number of carboxylic acids is 1. The predicted octanol–water partition coefficient (Wildman–Crippen LogP) is 20.5. The van der Waals surface area contributed by atoms with Crippen LogP contribution in [0.25, 0.3) is 15.8 Å². The minimum Gasteiger partial charge on any atom is -0.477 e. The third kappa shape index (κ3) is 18.9. The van der Waals surface area contributed by atoms with Crippen molar-refractivity contribution in [2.75, 3.05) is 51.7 Å². The van der Waals surface area contributed by atoms with Gasteiger partial charge in [0.05, 0.1) is 0 Å². The Hall–Kier alpha value is -7.29. The van der Waals surface area contributed by atoms with Crippen molar-refractivity contribution in [1.82, 2.24) is 0 Å².